The minimum Gasteiger partial charge on any atom is -0.388 e. The lowest BCUT2D eigenvalue weighted by Gasteiger charge is -2.48. The maximum Gasteiger partial charge on any atom is 0.155 e. The number of aliphatic hydroxyl groups is 1. The van der Waals surface area contributed by atoms with Crippen molar-refractivity contribution in [2.45, 2.75) is 50.4 Å². The zero-order valence-electron chi connectivity index (χ0n) is 13.6. The summed E-state index contributed by atoms with van der Waals surface area (Å²) in [7, 11) is 0. The summed E-state index contributed by atoms with van der Waals surface area (Å²) >= 11 is 1.83. The second-order valence-electron chi connectivity index (χ2n) is 7.51. The summed E-state index contributed by atoms with van der Waals surface area (Å²) in [6.45, 7) is 2.27. The molecule has 122 valence electrons. The number of aliphatic hydroxyl groups excluding tert-OH is 1. The molecule has 3 heteroatoms. The van der Waals surface area contributed by atoms with Crippen molar-refractivity contribution in [1.29, 1.82) is 0 Å². The predicted octanol–water partition coefficient (Wildman–Crippen LogP) is 4.18. The van der Waals surface area contributed by atoms with Gasteiger partial charge in [-0.1, -0.05) is 36.8 Å². The molecule has 0 aromatic rings. The Kier molecular flexibility index (Phi) is 3.89. The predicted molar refractivity (Wildman–Crippen MR) is 95.0 cm³/mol. The molecule has 3 aliphatic carbocycles. The average molecular weight is 328 g/mol. The maximum atomic E-state index is 11.8. The molecular weight excluding hydrogens is 304 g/mol. The van der Waals surface area contributed by atoms with Gasteiger partial charge in [0.25, 0.3) is 0 Å². The number of ketones is 1. The van der Waals surface area contributed by atoms with Crippen LogP contribution in [0, 0.1) is 17.3 Å². The van der Waals surface area contributed by atoms with Gasteiger partial charge < -0.3 is 5.11 Å². The first-order chi connectivity index (χ1) is 11.1. The van der Waals surface area contributed by atoms with Crippen LogP contribution in [0.25, 0.3) is 0 Å². The fourth-order valence-electron chi connectivity index (χ4n) is 4.85. The highest BCUT2D eigenvalue weighted by Gasteiger charge is 2.47. The van der Waals surface area contributed by atoms with Crippen LogP contribution in [-0.2, 0) is 4.79 Å². The lowest BCUT2D eigenvalue weighted by atomic mass is 9.57. The number of hydrogen-bond acceptors (Lipinski definition) is 3. The van der Waals surface area contributed by atoms with E-state index in [0.717, 1.165) is 25.7 Å². The summed E-state index contributed by atoms with van der Waals surface area (Å²) in [6, 6.07) is 0. The minimum atomic E-state index is -0.393. The molecular formula is C20H24O2S. The SMILES string of the molecule is CC12CCC(=O)C=C1CCCC2C(O)C1=CSC2C=CC=CC12. The van der Waals surface area contributed by atoms with Gasteiger partial charge in [-0.25, -0.2) is 0 Å². The first-order valence-corrected chi connectivity index (χ1v) is 9.66. The number of hydrogen-bond donors (Lipinski definition) is 1. The second kappa shape index (κ2) is 5.78. The first kappa shape index (κ1) is 15.5. The van der Waals surface area contributed by atoms with E-state index in [1.165, 1.54) is 11.1 Å². The van der Waals surface area contributed by atoms with E-state index in [1.807, 2.05) is 17.8 Å². The van der Waals surface area contributed by atoms with Crippen molar-refractivity contribution in [2.75, 3.05) is 0 Å². The molecule has 0 bridgehead atoms. The van der Waals surface area contributed by atoms with Gasteiger partial charge in [-0.2, -0.15) is 0 Å². The summed E-state index contributed by atoms with van der Waals surface area (Å²) in [5.74, 6) is 0.840. The number of rotatable bonds is 2. The lowest BCUT2D eigenvalue weighted by molar-refractivity contribution is -0.116. The Morgan fingerprint density at radius 3 is 3.00 bits per heavy atom. The van der Waals surface area contributed by atoms with Crippen LogP contribution in [0.3, 0.4) is 0 Å². The number of carbonyl (C=O) groups is 1. The summed E-state index contributed by atoms with van der Waals surface area (Å²) < 4.78 is 0. The van der Waals surface area contributed by atoms with Crippen molar-refractivity contribution in [3.05, 3.63) is 46.9 Å². The van der Waals surface area contributed by atoms with Gasteiger partial charge in [-0.05, 0) is 54.1 Å². The molecule has 0 saturated heterocycles. The van der Waals surface area contributed by atoms with E-state index in [1.54, 1.807) is 0 Å². The molecule has 0 aromatic carbocycles. The van der Waals surface area contributed by atoms with E-state index in [4.69, 9.17) is 0 Å². The number of carbonyl (C=O) groups excluding carboxylic acids is 1. The van der Waals surface area contributed by atoms with E-state index in [-0.39, 0.29) is 17.1 Å². The fourth-order valence-corrected chi connectivity index (χ4v) is 6.06. The van der Waals surface area contributed by atoms with Crippen LogP contribution in [-0.4, -0.2) is 22.2 Å². The smallest absolute Gasteiger partial charge is 0.155 e. The molecule has 1 heterocycles. The molecule has 1 fully saturated rings. The Bertz CT molecular complexity index is 642. The van der Waals surface area contributed by atoms with Crippen LogP contribution in [0.15, 0.2) is 46.9 Å². The van der Waals surface area contributed by atoms with Gasteiger partial charge in [0.1, 0.15) is 0 Å². The first-order valence-electron chi connectivity index (χ1n) is 8.72. The van der Waals surface area contributed by atoms with E-state index in [2.05, 4.69) is 36.6 Å². The van der Waals surface area contributed by atoms with Crippen molar-refractivity contribution in [3.8, 4) is 0 Å². The minimum absolute atomic E-state index is 0.0105. The van der Waals surface area contributed by atoms with E-state index < -0.39 is 6.10 Å². The lowest BCUT2D eigenvalue weighted by Crippen LogP contribution is -2.44. The topological polar surface area (TPSA) is 37.3 Å². The Morgan fingerprint density at radius 1 is 1.30 bits per heavy atom. The molecule has 4 rings (SSSR count). The number of allylic oxidation sites excluding steroid dienone is 5. The zero-order valence-corrected chi connectivity index (χ0v) is 14.4. The molecule has 0 amide bonds. The van der Waals surface area contributed by atoms with Crippen LogP contribution in [0.2, 0.25) is 0 Å². The fraction of sp³-hybridized carbons (Fsp3) is 0.550. The Balaban J connectivity index is 1.62. The number of thioether (sulfide) groups is 1. The van der Waals surface area contributed by atoms with E-state index in [9.17, 15) is 9.90 Å². The van der Waals surface area contributed by atoms with Crippen molar-refractivity contribution >= 4 is 17.5 Å². The van der Waals surface area contributed by atoms with Gasteiger partial charge in [-0.3, -0.25) is 4.79 Å². The molecule has 1 aliphatic heterocycles. The quantitative estimate of drug-likeness (QED) is 0.826. The standard InChI is InChI=1S/C20H24O2S/c1-20-10-9-14(21)11-13(20)5-4-7-17(20)19(22)16-12-23-18-8-3-2-6-15(16)18/h2-3,6,8,11-12,15,17-19,22H,4-5,7,9-10H2,1H3. The molecule has 23 heavy (non-hydrogen) atoms. The van der Waals surface area contributed by atoms with Crippen LogP contribution < -0.4 is 0 Å². The molecule has 0 radical (unpaired) electrons. The summed E-state index contributed by atoms with van der Waals surface area (Å²) in [5.41, 5.74) is 2.46. The molecule has 1 saturated carbocycles. The number of fused-ring (bicyclic) bond motifs is 2. The van der Waals surface area contributed by atoms with Gasteiger partial charge in [0, 0.05) is 17.6 Å². The third kappa shape index (κ3) is 2.49. The van der Waals surface area contributed by atoms with Gasteiger partial charge in [-0.15, -0.1) is 11.8 Å². The molecule has 5 unspecified atom stereocenters. The Labute approximate surface area is 142 Å². The summed E-state index contributed by atoms with van der Waals surface area (Å²) in [4.78, 5) is 11.8. The zero-order chi connectivity index (χ0) is 16.0. The van der Waals surface area contributed by atoms with Crippen molar-refractivity contribution in [3.63, 3.8) is 0 Å². The highest BCUT2D eigenvalue weighted by Crippen LogP contribution is 2.54. The van der Waals surface area contributed by atoms with Crippen LogP contribution >= 0.6 is 11.8 Å². The van der Waals surface area contributed by atoms with Crippen LogP contribution in [0.4, 0.5) is 0 Å². The molecule has 0 spiro atoms. The Morgan fingerprint density at radius 2 is 2.13 bits per heavy atom. The van der Waals surface area contributed by atoms with Gasteiger partial charge in [0.05, 0.1) is 6.10 Å². The van der Waals surface area contributed by atoms with Crippen LogP contribution in [0.1, 0.15) is 39.0 Å². The highest BCUT2D eigenvalue weighted by atomic mass is 32.2. The monoisotopic (exact) mass is 328 g/mol. The van der Waals surface area contributed by atoms with Gasteiger partial charge in [0.15, 0.2) is 5.78 Å². The van der Waals surface area contributed by atoms with Crippen LogP contribution in [0.5, 0.6) is 0 Å². The maximum absolute atomic E-state index is 11.8. The largest absolute Gasteiger partial charge is 0.388 e. The molecule has 4 aliphatic rings. The molecule has 0 aromatic heterocycles. The molecule has 1 N–H and O–H groups in total. The normalized spacial score (nSPS) is 40.3. The van der Waals surface area contributed by atoms with E-state index in [0.29, 0.717) is 17.6 Å². The average Bonchev–Trinajstić information content (AvgIpc) is 2.98. The van der Waals surface area contributed by atoms with Gasteiger partial charge >= 0.3 is 0 Å². The van der Waals surface area contributed by atoms with Crippen molar-refractivity contribution in [1.82, 2.24) is 0 Å². The van der Waals surface area contributed by atoms with Gasteiger partial charge in [0.2, 0.25) is 0 Å². The van der Waals surface area contributed by atoms with Crippen molar-refractivity contribution in [2.24, 2.45) is 17.3 Å². The summed E-state index contributed by atoms with van der Waals surface area (Å²) in [6.07, 6.45) is 14.8. The van der Waals surface area contributed by atoms with E-state index >= 15 is 0 Å². The third-order valence-electron chi connectivity index (χ3n) is 6.29. The molecule has 2 nitrogen and oxygen atoms in total. The Hall–Kier alpha value is -1.06. The summed E-state index contributed by atoms with van der Waals surface area (Å²) in [5, 5.41) is 13.9. The van der Waals surface area contributed by atoms with Crippen molar-refractivity contribution < 1.29 is 9.90 Å². The third-order valence-corrected chi connectivity index (χ3v) is 7.47. The highest BCUT2D eigenvalue weighted by molar-refractivity contribution is 8.03. The second-order valence-corrected chi connectivity index (χ2v) is 8.56. The molecule has 5 atom stereocenters.